The van der Waals surface area contributed by atoms with Crippen molar-refractivity contribution >= 4 is 11.6 Å². The second-order valence-corrected chi connectivity index (χ2v) is 5.01. The molecule has 0 radical (unpaired) electrons. The molecular weight excluding hydrogens is 284 g/mol. The average Bonchev–Trinajstić information content (AvgIpc) is 2.48. The number of carbonyl (C=O) groups is 1. The van der Waals surface area contributed by atoms with Crippen LogP contribution in [0, 0.1) is 27.7 Å². The summed E-state index contributed by atoms with van der Waals surface area (Å²) in [5.41, 5.74) is 4.40. The molecule has 1 aliphatic heterocycles. The maximum Gasteiger partial charge on any atom is 0.285 e. The summed E-state index contributed by atoms with van der Waals surface area (Å²) in [6, 6.07) is 1.03. The number of nitro benzene ring substituents is 1. The fourth-order valence-electron chi connectivity index (χ4n) is 2.40. The molecule has 114 valence electrons. The Morgan fingerprint density at radius 2 is 1.90 bits per heavy atom. The molecule has 0 aliphatic carbocycles. The fourth-order valence-corrected chi connectivity index (χ4v) is 2.40. The maximum atomic E-state index is 13.3. The van der Waals surface area contributed by atoms with Gasteiger partial charge in [-0.25, -0.2) is 8.78 Å². The van der Waals surface area contributed by atoms with E-state index in [1.54, 1.807) is 0 Å². The van der Waals surface area contributed by atoms with Gasteiger partial charge in [-0.2, -0.15) is 0 Å². The maximum absolute atomic E-state index is 13.3. The predicted molar refractivity (Wildman–Crippen MR) is 70.7 cm³/mol. The summed E-state index contributed by atoms with van der Waals surface area (Å²) in [5.74, 6) is -2.97. The van der Waals surface area contributed by atoms with Crippen LogP contribution < -0.4 is 5.73 Å². The highest BCUT2D eigenvalue weighted by Crippen LogP contribution is 2.25. The molecule has 8 heteroatoms. The summed E-state index contributed by atoms with van der Waals surface area (Å²) in [5, 5.41) is 10.9. The zero-order valence-electron chi connectivity index (χ0n) is 11.2. The van der Waals surface area contributed by atoms with Crippen LogP contribution in [0.5, 0.6) is 0 Å². The monoisotopic (exact) mass is 299 g/mol. The largest absolute Gasteiger partial charge is 0.338 e. The first kappa shape index (κ1) is 15.3. The van der Waals surface area contributed by atoms with Gasteiger partial charge in [-0.15, -0.1) is 0 Å². The van der Waals surface area contributed by atoms with Crippen LogP contribution in [0.25, 0.3) is 0 Å². The Kier molecular flexibility index (Phi) is 4.46. The molecule has 1 heterocycles. The van der Waals surface area contributed by atoms with Crippen LogP contribution in [0.1, 0.15) is 23.2 Å². The molecule has 1 aromatic carbocycles. The van der Waals surface area contributed by atoms with Crippen molar-refractivity contribution in [1.82, 2.24) is 4.90 Å². The Labute approximate surface area is 119 Å². The SMILES string of the molecule is NCC1CCN(C(=O)c2cc(F)c(F)cc2[N+](=O)[O-])CC1. The van der Waals surface area contributed by atoms with E-state index < -0.39 is 33.7 Å². The number of amides is 1. The fraction of sp³-hybridized carbons (Fsp3) is 0.462. The van der Waals surface area contributed by atoms with Gasteiger partial charge in [0.2, 0.25) is 0 Å². The van der Waals surface area contributed by atoms with Gasteiger partial charge in [-0.3, -0.25) is 14.9 Å². The van der Waals surface area contributed by atoms with E-state index in [0.717, 1.165) is 0 Å². The Hall–Kier alpha value is -2.09. The van der Waals surface area contributed by atoms with Gasteiger partial charge in [-0.05, 0) is 31.4 Å². The van der Waals surface area contributed by atoms with Crippen molar-refractivity contribution in [2.45, 2.75) is 12.8 Å². The molecule has 1 aromatic rings. The van der Waals surface area contributed by atoms with Crippen LogP contribution in [0.2, 0.25) is 0 Å². The number of nitro groups is 1. The molecule has 6 nitrogen and oxygen atoms in total. The lowest BCUT2D eigenvalue weighted by Gasteiger charge is -2.31. The highest BCUT2D eigenvalue weighted by atomic mass is 19.2. The van der Waals surface area contributed by atoms with E-state index in [9.17, 15) is 23.7 Å². The first-order chi connectivity index (χ1) is 9.93. The first-order valence-corrected chi connectivity index (χ1v) is 6.56. The topological polar surface area (TPSA) is 89.5 Å². The van der Waals surface area contributed by atoms with Gasteiger partial charge >= 0.3 is 0 Å². The summed E-state index contributed by atoms with van der Waals surface area (Å²) in [6.07, 6.45) is 1.39. The van der Waals surface area contributed by atoms with Gasteiger partial charge in [0.25, 0.3) is 11.6 Å². The Morgan fingerprint density at radius 1 is 1.33 bits per heavy atom. The minimum absolute atomic E-state index is 0.314. The number of nitrogens with zero attached hydrogens (tertiary/aromatic N) is 2. The molecule has 1 aliphatic rings. The number of carbonyl (C=O) groups excluding carboxylic acids is 1. The van der Waals surface area contributed by atoms with E-state index in [-0.39, 0.29) is 0 Å². The summed E-state index contributed by atoms with van der Waals surface area (Å²) in [7, 11) is 0. The molecule has 21 heavy (non-hydrogen) atoms. The minimum Gasteiger partial charge on any atom is -0.338 e. The molecule has 1 fully saturated rings. The van der Waals surface area contributed by atoms with Crippen LogP contribution in [-0.4, -0.2) is 35.4 Å². The number of hydrogen-bond acceptors (Lipinski definition) is 4. The zero-order valence-corrected chi connectivity index (χ0v) is 11.2. The number of piperidine rings is 1. The van der Waals surface area contributed by atoms with Crippen LogP contribution in [-0.2, 0) is 0 Å². The molecule has 0 unspecified atom stereocenters. The van der Waals surface area contributed by atoms with E-state index in [4.69, 9.17) is 5.73 Å². The van der Waals surface area contributed by atoms with Crippen molar-refractivity contribution in [3.8, 4) is 0 Å². The molecular formula is C13H15F2N3O3. The van der Waals surface area contributed by atoms with Gasteiger partial charge < -0.3 is 10.6 Å². The van der Waals surface area contributed by atoms with Crippen molar-refractivity contribution in [3.05, 3.63) is 39.4 Å². The average molecular weight is 299 g/mol. The lowest BCUT2D eigenvalue weighted by Crippen LogP contribution is -2.40. The van der Waals surface area contributed by atoms with Gasteiger partial charge in [0.05, 0.1) is 11.0 Å². The van der Waals surface area contributed by atoms with E-state index in [0.29, 0.717) is 50.5 Å². The molecule has 0 atom stereocenters. The highest BCUT2D eigenvalue weighted by molar-refractivity contribution is 5.98. The number of hydrogen-bond donors (Lipinski definition) is 1. The third kappa shape index (κ3) is 3.15. The molecule has 0 saturated carbocycles. The number of halogens is 2. The second-order valence-electron chi connectivity index (χ2n) is 5.01. The lowest BCUT2D eigenvalue weighted by atomic mass is 9.96. The second kappa shape index (κ2) is 6.13. The molecule has 0 aromatic heterocycles. The Bertz CT molecular complexity index is 572. The summed E-state index contributed by atoms with van der Waals surface area (Å²) in [6.45, 7) is 1.32. The molecule has 1 amide bonds. The Balaban J connectivity index is 2.27. The third-order valence-electron chi connectivity index (χ3n) is 3.70. The van der Waals surface area contributed by atoms with Crippen LogP contribution in [0.3, 0.4) is 0 Å². The standard InChI is InChI=1S/C13H15F2N3O3/c14-10-5-9(12(18(20)21)6-11(10)15)13(19)17-3-1-8(7-16)2-4-17/h5-6,8H,1-4,7,16H2. The van der Waals surface area contributed by atoms with E-state index in [2.05, 4.69) is 0 Å². The minimum atomic E-state index is -1.35. The van der Waals surface area contributed by atoms with Crippen molar-refractivity contribution in [2.75, 3.05) is 19.6 Å². The summed E-state index contributed by atoms with van der Waals surface area (Å²) < 4.78 is 26.4. The van der Waals surface area contributed by atoms with E-state index >= 15 is 0 Å². The number of benzene rings is 1. The number of rotatable bonds is 3. The quantitative estimate of drug-likeness (QED) is 0.679. The van der Waals surface area contributed by atoms with Crippen molar-refractivity contribution < 1.29 is 18.5 Å². The normalized spacial score (nSPS) is 16.0. The van der Waals surface area contributed by atoms with Crippen molar-refractivity contribution in [1.29, 1.82) is 0 Å². The van der Waals surface area contributed by atoms with Crippen LogP contribution in [0.15, 0.2) is 12.1 Å². The predicted octanol–water partition coefficient (Wildman–Crippen LogP) is 1.68. The molecule has 1 saturated heterocycles. The van der Waals surface area contributed by atoms with E-state index in [1.807, 2.05) is 0 Å². The van der Waals surface area contributed by atoms with Crippen LogP contribution >= 0.6 is 0 Å². The van der Waals surface area contributed by atoms with Crippen molar-refractivity contribution in [2.24, 2.45) is 11.7 Å². The highest BCUT2D eigenvalue weighted by Gasteiger charge is 2.29. The molecule has 0 spiro atoms. The van der Waals surface area contributed by atoms with Crippen LogP contribution in [0.4, 0.5) is 14.5 Å². The molecule has 0 bridgehead atoms. The number of likely N-dealkylation sites (tertiary alicyclic amines) is 1. The van der Waals surface area contributed by atoms with Gasteiger partial charge in [0, 0.05) is 13.1 Å². The molecule has 2 rings (SSSR count). The molecule has 2 N–H and O–H groups in total. The van der Waals surface area contributed by atoms with Gasteiger partial charge in [0.1, 0.15) is 5.56 Å². The lowest BCUT2D eigenvalue weighted by molar-refractivity contribution is -0.385. The summed E-state index contributed by atoms with van der Waals surface area (Å²) >= 11 is 0. The third-order valence-corrected chi connectivity index (χ3v) is 3.70. The Morgan fingerprint density at radius 3 is 2.43 bits per heavy atom. The summed E-state index contributed by atoms with van der Waals surface area (Å²) in [4.78, 5) is 23.7. The van der Waals surface area contributed by atoms with Gasteiger partial charge in [0.15, 0.2) is 11.6 Å². The van der Waals surface area contributed by atoms with E-state index in [1.165, 1.54) is 4.90 Å². The zero-order chi connectivity index (χ0) is 15.6. The van der Waals surface area contributed by atoms with Crippen molar-refractivity contribution in [3.63, 3.8) is 0 Å². The number of nitrogens with two attached hydrogens (primary N) is 1. The van der Waals surface area contributed by atoms with Gasteiger partial charge in [-0.1, -0.05) is 0 Å². The smallest absolute Gasteiger partial charge is 0.285 e. The first-order valence-electron chi connectivity index (χ1n) is 6.56.